The van der Waals surface area contributed by atoms with Gasteiger partial charge in [-0.1, -0.05) is 42.0 Å². The molecule has 0 saturated carbocycles. The number of aliphatic hydroxyl groups excluding tert-OH is 1. The minimum Gasteiger partial charge on any atom is -0.507 e. The van der Waals surface area contributed by atoms with Gasteiger partial charge in [0.25, 0.3) is 11.7 Å². The number of Topliss-reactive ketones (excluding diaryl/α,β-unsaturated/α-hetero) is 1. The molecule has 174 valence electrons. The monoisotopic (exact) mass is 469 g/mol. The van der Waals surface area contributed by atoms with E-state index < -0.39 is 46.6 Å². The standard InChI is InChI=1S/C26H19F4NO3/c1-14-10-11-15(2)19(12-14)23(32)21-22(18-8-3-4-9-20(18)27)31(25(34)24(21)33)17-7-5-6-16(13-17)26(28,29)30/h3-13,22,32H,1-2H3/b23-21+. The molecule has 1 atom stereocenters. The highest BCUT2D eigenvalue weighted by Crippen LogP contribution is 2.44. The number of alkyl halides is 3. The Labute approximate surface area is 192 Å². The van der Waals surface area contributed by atoms with Crippen LogP contribution in [0.5, 0.6) is 0 Å². The molecule has 3 aromatic carbocycles. The molecule has 0 aliphatic carbocycles. The van der Waals surface area contributed by atoms with Gasteiger partial charge in [0.1, 0.15) is 11.6 Å². The zero-order chi connectivity index (χ0) is 24.8. The lowest BCUT2D eigenvalue weighted by Gasteiger charge is -2.26. The average molecular weight is 469 g/mol. The van der Waals surface area contributed by atoms with Gasteiger partial charge in [-0.2, -0.15) is 13.2 Å². The third kappa shape index (κ3) is 3.96. The second-order valence-corrected chi connectivity index (χ2v) is 8.06. The number of carbonyl (C=O) groups excluding carboxylic acids is 2. The van der Waals surface area contributed by atoms with Crippen LogP contribution in [0.15, 0.2) is 72.3 Å². The summed E-state index contributed by atoms with van der Waals surface area (Å²) in [6, 6.07) is 12.8. The van der Waals surface area contributed by atoms with Crippen molar-refractivity contribution in [1.29, 1.82) is 0 Å². The van der Waals surface area contributed by atoms with E-state index in [1.807, 2.05) is 0 Å². The topological polar surface area (TPSA) is 57.6 Å². The molecule has 4 nitrogen and oxygen atoms in total. The van der Waals surface area contributed by atoms with E-state index in [-0.39, 0.29) is 16.8 Å². The fourth-order valence-electron chi connectivity index (χ4n) is 4.06. The number of anilines is 1. The third-order valence-electron chi connectivity index (χ3n) is 5.74. The van der Waals surface area contributed by atoms with Crippen LogP contribution >= 0.6 is 0 Å². The van der Waals surface area contributed by atoms with Gasteiger partial charge in [-0.3, -0.25) is 14.5 Å². The van der Waals surface area contributed by atoms with Gasteiger partial charge in [-0.15, -0.1) is 0 Å². The molecule has 0 bridgehead atoms. The van der Waals surface area contributed by atoms with Crippen molar-refractivity contribution in [1.82, 2.24) is 0 Å². The number of ketones is 1. The zero-order valence-electron chi connectivity index (χ0n) is 18.2. The molecule has 0 radical (unpaired) electrons. The SMILES string of the molecule is Cc1ccc(C)c(/C(O)=C2\C(=O)C(=O)N(c3cccc(C(F)(F)F)c3)C2c2ccccc2F)c1. The summed E-state index contributed by atoms with van der Waals surface area (Å²) < 4.78 is 54.9. The summed E-state index contributed by atoms with van der Waals surface area (Å²) in [7, 11) is 0. The first kappa shape index (κ1) is 23.2. The molecule has 3 aromatic rings. The van der Waals surface area contributed by atoms with Crippen LogP contribution < -0.4 is 4.90 Å². The van der Waals surface area contributed by atoms with E-state index in [9.17, 15) is 32.3 Å². The molecule has 4 rings (SSSR count). The van der Waals surface area contributed by atoms with Crippen molar-refractivity contribution in [3.05, 3.63) is 106 Å². The second kappa shape index (κ2) is 8.44. The molecule has 34 heavy (non-hydrogen) atoms. The quantitative estimate of drug-likeness (QED) is 0.219. The van der Waals surface area contributed by atoms with Crippen LogP contribution in [0.4, 0.5) is 23.2 Å². The van der Waals surface area contributed by atoms with Gasteiger partial charge >= 0.3 is 6.18 Å². The largest absolute Gasteiger partial charge is 0.507 e. The lowest BCUT2D eigenvalue weighted by molar-refractivity contribution is -0.137. The Morgan fingerprint density at radius 2 is 1.65 bits per heavy atom. The predicted octanol–water partition coefficient (Wildman–Crippen LogP) is 6.09. The zero-order valence-corrected chi connectivity index (χ0v) is 18.2. The van der Waals surface area contributed by atoms with Gasteiger partial charge in [-0.25, -0.2) is 4.39 Å². The van der Waals surface area contributed by atoms with Gasteiger partial charge in [0.2, 0.25) is 0 Å². The van der Waals surface area contributed by atoms with Crippen molar-refractivity contribution in [2.24, 2.45) is 0 Å². The first-order valence-electron chi connectivity index (χ1n) is 10.3. The lowest BCUT2D eigenvalue weighted by atomic mass is 9.93. The van der Waals surface area contributed by atoms with Crippen molar-refractivity contribution in [2.75, 3.05) is 4.90 Å². The molecule has 8 heteroatoms. The molecule has 1 fully saturated rings. The minimum absolute atomic E-state index is 0.133. The summed E-state index contributed by atoms with van der Waals surface area (Å²) in [5.41, 5.74) is -0.184. The Morgan fingerprint density at radius 3 is 2.32 bits per heavy atom. The highest BCUT2D eigenvalue weighted by molar-refractivity contribution is 6.51. The van der Waals surface area contributed by atoms with Crippen molar-refractivity contribution in [3.8, 4) is 0 Å². The summed E-state index contributed by atoms with van der Waals surface area (Å²) in [6.45, 7) is 3.46. The molecule has 1 aliphatic rings. The average Bonchev–Trinajstić information content (AvgIpc) is 3.05. The summed E-state index contributed by atoms with van der Waals surface area (Å²) in [5, 5.41) is 11.2. The Kier molecular flexibility index (Phi) is 5.77. The van der Waals surface area contributed by atoms with Crippen LogP contribution in [-0.2, 0) is 15.8 Å². The van der Waals surface area contributed by atoms with E-state index in [4.69, 9.17) is 0 Å². The number of carbonyl (C=O) groups is 2. The van der Waals surface area contributed by atoms with E-state index in [2.05, 4.69) is 0 Å². The maximum Gasteiger partial charge on any atom is 0.416 e. The smallest absolute Gasteiger partial charge is 0.416 e. The third-order valence-corrected chi connectivity index (χ3v) is 5.74. The number of aliphatic hydroxyl groups is 1. The van der Waals surface area contributed by atoms with Crippen molar-refractivity contribution in [3.63, 3.8) is 0 Å². The molecule has 1 N–H and O–H groups in total. The number of hydrogen-bond donors (Lipinski definition) is 1. The first-order valence-corrected chi connectivity index (χ1v) is 10.3. The predicted molar refractivity (Wildman–Crippen MR) is 119 cm³/mol. The Bertz CT molecular complexity index is 1340. The van der Waals surface area contributed by atoms with Crippen LogP contribution in [0.2, 0.25) is 0 Å². The van der Waals surface area contributed by atoms with E-state index in [0.29, 0.717) is 5.56 Å². The van der Waals surface area contributed by atoms with E-state index in [1.54, 1.807) is 32.0 Å². The number of halogens is 4. The Morgan fingerprint density at radius 1 is 0.941 bits per heavy atom. The van der Waals surface area contributed by atoms with E-state index in [0.717, 1.165) is 34.7 Å². The molecule has 1 amide bonds. The van der Waals surface area contributed by atoms with Crippen LogP contribution in [0.3, 0.4) is 0 Å². The minimum atomic E-state index is -4.70. The maximum atomic E-state index is 14.9. The normalized spacial score (nSPS) is 17.9. The molecule has 0 aromatic heterocycles. The molecular formula is C26H19F4NO3. The number of rotatable bonds is 3. The van der Waals surface area contributed by atoms with E-state index >= 15 is 0 Å². The number of nitrogens with zero attached hydrogens (tertiary/aromatic N) is 1. The number of amides is 1. The summed E-state index contributed by atoms with van der Waals surface area (Å²) in [4.78, 5) is 27.0. The highest BCUT2D eigenvalue weighted by atomic mass is 19.4. The molecule has 1 heterocycles. The van der Waals surface area contributed by atoms with Gasteiger partial charge in [0.05, 0.1) is 17.2 Å². The summed E-state index contributed by atoms with van der Waals surface area (Å²) in [6.07, 6.45) is -4.70. The van der Waals surface area contributed by atoms with Crippen molar-refractivity contribution >= 4 is 23.1 Å². The van der Waals surface area contributed by atoms with Gasteiger partial charge in [-0.05, 0) is 49.7 Å². The number of hydrogen-bond acceptors (Lipinski definition) is 3. The lowest BCUT2D eigenvalue weighted by Crippen LogP contribution is -2.30. The fraction of sp³-hybridized carbons (Fsp3) is 0.154. The summed E-state index contributed by atoms with van der Waals surface area (Å²) in [5.74, 6) is -3.59. The molecule has 1 aliphatic heterocycles. The molecule has 1 saturated heterocycles. The van der Waals surface area contributed by atoms with Gasteiger partial charge < -0.3 is 5.11 Å². The number of benzene rings is 3. The Hall–Kier alpha value is -3.94. The van der Waals surface area contributed by atoms with Crippen molar-refractivity contribution in [2.45, 2.75) is 26.1 Å². The van der Waals surface area contributed by atoms with Crippen LogP contribution in [0.25, 0.3) is 5.76 Å². The van der Waals surface area contributed by atoms with Gasteiger partial charge in [0, 0.05) is 16.8 Å². The number of aryl methyl sites for hydroxylation is 2. The molecule has 1 unspecified atom stereocenters. The Balaban J connectivity index is 2.00. The van der Waals surface area contributed by atoms with Gasteiger partial charge in [0.15, 0.2) is 0 Å². The molecule has 0 spiro atoms. The van der Waals surface area contributed by atoms with E-state index in [1.165, 1.54) is 24.3 Å². The van der Waals surface area contributed by atoms with Crippen LogP contribution in [0, 0.1) is 19.7 Å². The summed E-state index contributed by atoms with van der Waals surface area (Å²) >= 11 is 0. The maximum absolute atomic E-state index is 14.9. The van der Waals surface area contributed by atoms with Crippen LogP contribution in [0.1, 0.15) is 33.9 Å². The molecular weight excluding hydrogens is 450 g/mol. The highest BCUT2D eigenvalue weighted by Gasteiger charge is 2.48. The van der Waals surface area contributed by atoms with Crippen molar-refractivity contribution < 1.29 is 32.3 Å². The van der Waals surface area contributed by atoms with Crippen LogP contribution in [-0.4, -0.2) is 16.8 Å². The fourth-order valence-corrected chi connectivity index (χ4v) is 4.06. The second-order valence-electron chi connectivity index (χ2n) is 8.06. The first-order chi connectivity index (χ1) is 16.0.